The van der Waals surface area contributed by atoms with E-state index in [4.69, 9.17) is 16.3 Å². The van der Waals surface area contributed by atoms with Gasteiger partial charge in [0.25, 0.3) is 0 Å². The number of piperidine rings is 1. The van der Waals surface area contributed by atoms with Gasteiger partial charge in [0.15, 0.2) is 0 Å². The first kappa shape index (κ1) is 18.4. The van der Waals surface area contributed by atoms with Crippen LogP contribution in [0.1, 0.15) is 33.6 Å². The fourth-order valence-corrected chi connectivity index (χ4v) is 4.71. The molecular weight excluding hydrogens is 360 g/mol. The van der Waals surface area contributed by atoms with Crippen molar-refractivity contribution in [3.05, 3.63) is 29.3 Å². The first-order valence-corrected chi connectivity index (χ1v) is 9.77. The number of amides is 2. The molecule has 0 aromatic heterocycles. The second-order valence-electron chi connectivity index (χ2n) is 7.41. The molecule has 0 bridgehead atoms. The van der Waals surface area contributed by atoms with E-state index in [0.717, 1.165) is 18.5 Å². The van der Waals surface area contributed by atoms with E-state index in [0.29, 0.717) is 23.9 Å². The number of carbonyl (C=O) groups is 2. The molecule has 2 aliphatic heterocycles. The monoisotopic (exact) mass is 382 g/mol. The van der Waals surface area contributed by atoms with E-state index in [1.54, 1.807) is 28.8 Å². The van der Waals surface area contributed by atoms with E-state index in [-0.39, 0.29) is 16.9 Å². The lowest BCUT2D eigenvalue weighted by atomic mass is 10.0. The number of carbonyl (C=O) groups excluding carboxylic acids is 2. The molecule has 2 fully saturated rings. The van der Waals surface area contributed by atoms with E-state index in [1.807, 2.05) is 37.8 Å². The van der Waals surface area contributed by atoms with Gasteiger partial charge >= 0.3 is 6.09 Å². The Hall–Kier alpha value is -1.40. The predicted molar refractivity (Wildman–Crippen MR) is 101 cm³/mol. The molecule has 0 saturated carbocycles. The third-order valence-corrected chi connectivity index (χ3v) is 6.17. The van der Waals surface area contributed by atoms with E-state index >= 15 is 0 Å². The number of nitrogens with zero attached hydrogens (tertiary/aromatic N) is 2. The maximum absolute atomic E-state index is 12.5. The van der Waals surface area contributed by atoms with Crippen molar-refractivity contribution >= 4 is 41.1 Å². The van der Waals surface area contributed by atoms with Crippen LogP contribution in [-0.4, -0.2) is 46.2 Å². The summed E-state index contributed by atoms with van der Waals surface area (Å²) in [6.45, 7) is 6.76. The molecule has 2 amide bonds. The molecule has 2 heterocycles. The third kappa shape index (κ3) is 3.90. The lowest BCUT2D eigenvalue weighted by Crippen LogP contribution is -2.53. The molecule has 136 valence electrons. The van der Waals surface area contributed by atoms with Crippen molar-refractivity contribution in [2.75, 3.05) is 23.7 Å². The first-order valence-electron chi connectivity index (χ1n) is 8.41. The van der Waals surface area contributed by atoms with Crippen LogP contribution in [0.15, 0.2) is 24.3 Å². The lowest BCUT2D eigenvalue weighted by Gasteiger charge is -2.44. The Morgan fingerprint density at radius 3 is 2.36 bits per heavy atom. The zero-order valence-corrected chi connectivity index (χ0v) is 16.3. The number of rotatable bonds is 1. The fourth-order valence-electron chi connectivity index (χ4n) is 3.25. The molecular formula is C18H23ClN2O3S. The Balaban J connectivity index is 1.73. The largest absolute Gasteiger partial charge is 0.444 e. The highest BCUT2D eigenvalue weighted by molar-refractivity contribution is 8.02. The maximum Gasteiger partial charge on any atom is 0.410 e. The van der Waals surface area contributed by atoms with E-state index in [2.05, 4.69) is 0 Å². The number of anilines is 1. The zero-order valence-electron chi connectivity index (χ0n) is 14.8. The number of halogens is 1. The Morgan fingerprint density at radius 2 is 1.80 bits per heavy atom. The van der Waals surface area contributed by atoms with Crippen molar-refractivity contribution in [1.29, 1.82) is 0 Å². The minimum absolute atomic E-state index is 0.109. The summed E-state index contributed by atoms with van der Waals surface area (Å²) in [7, 11) is 0. The van der Waals surface area contributed by atoms with Crippen LogP contribution in [0, 0.1) is 0 Å². The van der Waals surface area contributed by atoms with Gasteiger partial charge in [0.2, 0.25) is 5.91 Å². The average molecular weight is 383 g/mol. The SMILES string of the molecule is CC(C)(C)OC(=O)N1CCC2(CC1)SCC(=O)N2c1ccc(Cl)cc1. The molecule has 2 aliphatic rings. The topological polar surface area (TPSA) is 49.9 Å². The summed E-state index contributed by atoms with van der Waals surface area (Å²) >= 11 is 7.64. The van der Waals surface area contributed by atoms with Gasteiger partial charge in [-0.1, -0.05) is 11.6 Å². The van der Waals surface area contributed by atoms with Gasteiger partial charge in [-0.05, 0) is 57.9 Å². The van der Waals surface area contributed by atoms with Crippen LogP contribution in [0.2, 0.25) is 5.02 Å². The van der Waals surface area contributed by atoms with Crippen molar-refractivity contribution in [2.45, 2.75) is 44.1 Å². The van der Waals surface area contributed by atoms with Gasteiger partial charge < -0.3 is 9.64 Å². The average Bonchev–Trinajstić information content (AvgIpc) is 2.84. The van der Waals surface area contributed by atoms with Crippen LogP contribution in [0.3, 0.4) is 0 Å². The summed E-state index contributed by atoms with van der Waals surface area (Å²) in [4.78, 5) is 28.1. The third-order valence-electron chi connectivity index (χ3n) is 4.40. The maximum atomic E-state index is 12.5. The molecule has 0 atom stereocenters. The van der Waals surface area contributed by atoms with Crippen molar-refractivity contribution < 1.29 is 14.3 Å². The minimum atomic E-state index is -0.500. The van der Waals surface area contributed by atoms with E-state index < -0.39 is 5.60 Å². The first-order chi connectivity index (χ1) is 11.7. The van der Waals surface area contributed by atoms with Crippen molar-refractivity contribution in [1.82, 2.24) is 4.90 Å². The molecule has 2 saturated heterocycles. The highest BCUT2D eigenvalue weighted by Gasteiger charge is 2.49. The van der Waals surface area contributed by atoms with Gasteiger partial charge in [-0.25, -0.2) is 4.79 Å². The summed E-state index contributed by atoms with van der Waals surface area (Å²) in [6, 6.07) is 7.37. The molecule has 1 aromatic carbocycles. The standard InChI is InChI=1S/C18H23ClN2O3S/c1-17(2,3)24-16(23)20-10-8-18(9-11-20)21(15(22)12-25-18)14-6-4-13(19)5-7-14/h4-7H,8-12H2,1-3H3. The second-order valence-corrected chi connectivity index (χ2v) is 9.18. The smallest absolute Gasteiger partial charge is 0.410 e. The summed E-state index contributed by atoms with van der Waals surface area (Å²) in [6.07, 6.45) is 1.17. The Morgan fingerprint density at radius 1 is 1.20 bits per heavy atom. The van der Waals surface area contributed by atoms with Crippen molar-refractivity contribution in [2.24, 2.45) is 0 Å². The van der Waals surface area contributed by atoms with Gasteiger partial charge in [0.05, 0.1) is 10.6 Å². The van der Waals surface area contributed by atoms with Crippen LogP contribution in [-0.2, 0) is 9.53 Å². The molecule has 1 aromatic rings. The van der Waals surface area contributed by atoms with Gasteiger partial charge in [-0.3, -0.25) is 9.69 Å². The van der Waals surface area contributed by atoms with Crippen LogP contribution in [0.25, 0.3) is 0 Å². The number of ether oxygens (including phenoxy) is 1. The quantitative estimate of drug-likeness (QED) is 0.732. The molecule has 25 heavy (non-hydrogen) atoms. The Kier molecular flexibility index (Phi) is 4.95. The Bertz CT molecular complexity index is 664. The fraction of sp³-hybridized carbons (Fsp3) is 0.556. The van der Waals surface area contributed by atoms with E-state index in [9.17, 15) is 9.59 Å². The summed E-state index contributed by atoms with van der Waals surface area (Å²) in [5.41, 5.74) is 0.365. The number of benzene rings is 1. The molecule has 7 heteroatoms. The highest BCUT2D eigenvalue weighted by Crippen LogP contribution is 2.47. The lowest BCUT2D eigenvalue weighted by molar-refractivity contribution is -0.116. The Labute approximate surface area is 157 Å². The highest BCUT2D eigenvalue weighted by atomic mass is 35.5. The van der Waals surface area contributed by atoms with Gasteiger partial charge in [-0.2, -0.15) is 0 Å². The van der Waals surface area contributed by atoms with Gasteiger partial charge in [0.1, 0.15) is 5.60 Å². The molecule has 0 unspecified atom stereocenters. The number of likely N-dealkylation sites (tertiary alicyclic amines) is 1. The van der Waals surface area contributed by atoms with Crippen LogP contribution in [0.5, 0.6) is 0 Å². The van der Waals surface area contributed by atoms with Gasteiger partial charge in [0, 0.05) is 23.8 Å². The van der Waals surface area contributed by atoms with Gasteiger partial charge in [-0.15, -0.1) is 11.8 Å². The van der Waals surface area contributed by atoms with Crippen molar-refractivity contribution in [3.8, 4) is 0 Å². The summed E-state index contributed by atoms with van der Waals surface area (Å²) in [5, 5.41) is 0.650. The van der Waals surface area contributed by atoms with E-state index in [1.165, 1.54) is 0 Å². The number of thioether (sulfide) groups is 1. The predicted octanol–water partition coefficient (Wildman–Crippen LogP) is 4.15. The van der Waals surface area contributed by atoms with Crippen molar-refractivity contribution in [3.63, 3.8) is 0 Å². The summed E-state index contributed by atoms with van der Waals surface area (Å²) < 4.78 is 5.46. The zero-order chi connectivity index (χ0) is 18.2. The summed E-state index contributed by atoms with van der Waals surface area (Å²) in [5.74, 6) is 0.577. The number of hydrogen-bond donors (Lipinski definition) is 0. The van der Waals surface area contributed by atoms with Crippen LogP contribution in [0.4, 0.5) is 10.5 Å². The molecule has 0 N–H and O–H groups in total. The normalized spacial score (nSPS) is 20.2. The minimum Gasteiger partial charge on any atom is -0.444 e. The van der Waals surface area contributed by atoms with Crippen LogP contribution < -0.4 is 4.90 Å². The molecule has 1 spiro atoms. The number of hydrogen-bond acceptors (Lipinski definition) is 4. The molecule has 0 radical (unpaired) electrons. The second kappa shape index (κ2) is 6.72. The molecule has 0 aliphatic carbocycles. The molecule has 3 rings (SSSR count). The van der Waals surface area contributed by atoms with Crippen LogP contribution >= 0.6 is 23.4 Å². The molecule has 5 nitrogen and oxygen atoms in total.